The van der Waals surface area contributed by atoms with Gasteiger partial charge in [0.1, 0.15) is 5.82 Å². The summed E-state index contributed by atoms with van der Waals surface area (Å²) >= 11 is 0. The predicted molar refractivity (Wildman–Crippen MR) is 156 cm³/mol. The van der Waals surface area contributed by atoms with E-state index in [4.69, 9.17) is 0 Å². The topological polar surface area (TPSA) is 24.4 Å². The Hall–Kier alpha value is -2.52. The average Bonchev–Trinajstić information content (AvgIpc) is 3.46. The molecular weight excluding hydrogens is 431 g/mol. The fraction of sp³-hybridized carbons (Fsp3) is 0.469. The molecule has 1 fully saturated rings. The molecular formula is C32H49FN2. The van der Waals surface area contributed by atoms with Crippen LogP contribution >= 0.6 is 0 Å². The number of aryl methyl sites for hydroxylation is 1. The Morgan fingerprint density at radius 3 is 2.26 bits per heavy atom. The van der Waals surface area contributed by atoms with Crippen LogP contribution in [0.25, 0.3) is 0 Å². The quantitative estimate of drug-likeness (QED) is 0.262. The molecule has 1 N–H and O–H groups in total. The molecule has 0 radical (unpaired) electrons. The van der Waals surface area contributed by atoms with Crippen molar-refractivity contribution in [3.05, 3.63) is 94.4 Å². The normalized spacial score (nSPS) is 14.5. The molecule has 0 saturated carbocycles. The van der Waals surface area contributed by atoms with Crippen molar-refractivity contribution in [2.24, 2.45) is 4.99 Å². The highest BCUT2D eigenvalue weighted by molar-refractivity contribution is 5.84. The van der Waals surface area contributed by atoms with E-state index < -0.39 is 0 Å². The number of hydrogen-bond acceptors (Lipinski definition) is 2. The molecule has 0 atom stereocenters. The zero-order chi connectivity index (χ0) is 26.6. The van der Waals surface area contributed by atoms with Gasteiger partial charge in [0.25, 0.3) is 0 Å². The maximum Gasteiger partial charge on any atom is 0.123 e. The first-order chi connectivity index (χ1) is 16.8. The third-order valence-corrected chi connectivity index (χ3v) is 5.94. The predicted octanol–water partition coefficient (Wildman–Crippen LogP) is 8.98. The second-order valence-electron chi connectivity index (χ2n) is 8.50. The van der Waals surface area contributed by atoms with Gasteiger partial charge in [-0.15, -0.1) is 0 Å². The highest BCUT2D eigenvalue weighted by Crippen LogP contribution is 2.27. The molecule has 3 heteroatoms. The minimum atomic E-state index is -0.178. The van der Waals surface area contributed by atoms with E-state index in [0.717, 1.165) is 53.5 Å². The van der Waals surface area contributed by atoms with Crippen molar-refractivity contribution in [3.8, 4) is 0 Å². The maximum absolute atomic E-state index is 13.3. The van der Waals surface area contributed by atoms with E-state index >= 15 is 0 Å². The molecule has 0 aliphatic carbocycles. The van der Waals surface area contributed by atoms with Crippen molar-refractivity contribution in [2.75, 3.05) is 20.1 Å². The van der Waals surface area contributed by atoms with Crippen LogP contribution in [0.2, 0.25) is 0 Å². The molecule has 0 unspecified atom stereocenters. The molecule has 35 heavy (non-hydrogen) atoms. The largest absolute Gasteiger partial charge is 0.317 e. The molecule has 2 rings (SSSR count). The van der Waals surface area contributed by atoms with Crippen LogP contribution in [0.5, 0.6) is 0 Å². The first-order valence-corrected chi connectivity index (χ1v) is 13.1. The lowest BCUT2D eigenvalue weighted by Crippen LogP contribution is -2.03. The highest BCUT2D eigenvalue weighted by Gasteiger charge is 2.09. The van der Waals surface area contributed by atoms with Crippen molar-refractivity contribution < 1.29 is 4.39 Å². The van der Waals surface area contributed by atoms with E-state index in [2.05, 4.69) is 56.4 Å². The van der Waals surface area contributed by atoms with Gasteiger partial charge in [-0.3, -0.25) is 4.99 Å². The molecule has 1 saturated heterocycles. The van der Waals surface area contributed by atoms with E-state index in [9.17, 15) is 4.39 Å². The molecule has 2 nitrogen and oxygen atoms in total. The van der Waals surface area contributed by atoms with Gasteiger partial charge in [-0.2, -0.15) is 0 Å². The third kappa shape index (κ3) is 13.2. The Morgan fingerprint density at radius 2 is 1.77 bits per heavy atom. The van der Waals surface area contributed by atoms with Gasteiger partial charge in [-0.05, 0) is 124 Å². The van der Waals surface area contributed by atoms with Gasteiger partial charge >= 0.3 is 0 Å². The second kappa shape index (κ2) is 19.8. The lowest BCUT2D eigenvalue weighted by molar-refractivity contribution is 0.624. The molecule has 0 bridgehead atoms. The smallest absolute Gasteiger partial charge is 0.123 e. The number of rotatable bonds is 10. The summed E-state index contributed by atoms with van der Waals surface area (Å²) in [5, 5.41) is 3.22. The van der Waals surface area contributed by atoms with Gasteiger partial charge in [0, 0.05) is 13.3 Å². The summed E-state index contributed by atoms with van der Waals surface area (Å²) in [6, 6.07) is 6.82. The number of nitrogens with one attached hydrogen (secondary N) is 1. The van der Waals surface area contributed by atoms with Gasteiger partial charge < -0.3 is 5.32 Å². The summed E-state index contributed by atoms with van der Waals surface area (Å²) < 4.78 is 13.3. The summed E-state index contributed by atoms with van der Waals surface area (Å²) in [6.45, 7) is 23.4. The number of benzene rings is 1. The van der Waals surface area contributed by atoms with Crippen LogP contribution in [0.3, 0.4) is 0 Å². The van der Waals surface area contributed by atoms with E-state index in [-0.39, 0.29) is 5.82 Å². The fourth-order valence-electron chi connectivity index (χ4n) is 3.68. The summed E-state index contributed by atoms with van der Waals surface area (Å²) in [5.74, 6) is -0.178. The van der Waals surface area contributed by atoms with Gasteiger partial charge in [-0.1, -0.05) is 58.2 Å². The van der Waals surface area contributed by atoms with Crippen LogP contribution in [0.15, 0.2) is 88.0 Å². The SMILES string of the molecule is C1CCNC1.C=C(CC)/C(=C/C(C)=C(C)/C(C=NC)=C/C)C(=C)CCCc1cccc(F)c1.CC. The van der Waals surface area contributed by atoms with Crippen LogP contribution in [0.4, 0.5) is 4.39 Å². The molecule has 0 aromatic heterocycles. The molecule has 1 aliphatic heterocycles. The van der Waals surface area contributed by atoms with Crippen molar-refractivity contribution in [2.45, 2.75) is 80.1 Å². The third-order valence-electron chi connectivity index (χ3n) is 5.94. The van der Waals surface area contributed by atoms with E-state index in [1.54, 1.807) is 19.2 Å². The van der Waals surface area contributed by atoms with Crippen LogP contribution in [0.1, 0.15) is 79.2 Å². The van der Waals surface area contributed by atoms with Gasteiger partial charge in [0.05, 0.1) is 0 Å². The number of halogens is 1. The molecule has 1 aromatic carbocycles. The first-order valence-electron chi connectivity index (χ1n) is 13.1. The summed E-state index contributed by atoms with van der Waals surface area (Å²) in [6.07, 6.45) is 12.4. The Labute approximate surface area is 215 Å². The summed E-state index contributed by atoms with van der Waals surface area (Å²) in [7, 11) is 1.78. The average molecular weight is 481 g/mol. The van der Waals surface area contributed by atoms with Crippen LogP contribution in [-0.4, -0.2) is 26.4 Å². The lowest BCUT2D eigenvalue weighted by atomic mass is 9.91. The van der Waals surface area contributed by atoms with Crippen LogP contribution in [-0.2, 0) is 6.42 Å². The van der Waals surface area contributed by atoms with Crippen LogP contribution in [0, 0.1) is 5.82 Å². The van der Waals surface area contributed by atoms with Gasteiger partial charge in [0.15, 0.2) is 0 Å². The molecule has 1 aliphatic rings. The minimum Gasteiger partial charge on any atom is -0.317 e. The van der Waals surface area contributed by atoms with E-state index in [0.29, 0.717) is 0 Å². The summed E-state index contributed by atoms with van der Waals surface area (Å²) in [4.78, 5) is 4.14. The Bertz CT molecular complexity index is 888. The zero-order valence-corrected chi connectivity index (χ0v) is 23.4. The van der Waals surface area contributed by atoms with Crippen molar-refractivity contribution in [1.29, 1.82) is 0 Å². The Balaban J connectivity index is 0.00000143. The summed E-state index contributed by atoms with van der Waals surface area (Å²) in [5.41, 5.74) is 7.83. The van der Waals surface area contributed by atoms with Crippen molar-refractivity contribution in [1.82, 2.24) is 5.32 Å². The lowest BCUT2D eigenvalue weighted by Gasteiger charge is -2.15. The zero-order valence-electron chi connectivity index (χ0n) is 23.4. The molecule has 194 valence electrons. The van der Waals surface area contributed by atoms with Crippen molar-refractivity contribution >= 4 is 6.21 Å². The maximum atomic E-state index is 13.3. The first kappa shape index (κ1) is 32.5. The standard InChI is InChI=1S/C26H34FN.C4H9N.C2H6/c1-8-19(3)26(16-21(5)22(6)24(9-2)18-28-7)20(4)12-10-13-23-14-11-15-25(27)17-23;1-2-4-5-3-1;1-2/h9,11,14-18H,3-4,8,10,12-13H2,1-2,5-7H3;5H,1-4H2;1-2H3/b22-21+,24-9+,26-16-,28-18?;;. The molecule has 0 amide bonds. The second-order valence-corrected chi connectivity index (χ2v) is 8.50. The molecule has 1 aromatic rings. The number of nitrogens with zero attached hydrogens (tertiary/aromatic N) is 1. The van der Waals surface area contributed by atoms with Gasteiger partial charge in [-0.25, -0.2) is 4.39 Å². The Morgan fingerprint density at radius 1 is 1.11 bits per heavy atom. The fourth-order valence-corrected chi connectivity index (χ4v) is 3.68. The van der Waals surface area contributed by atoms with Gasteiger partial charge in [0.2, 0.25) is 0 Å². The number of hydrogen-bond donors (Lipinski definition) is 1. The minimum absolute atomic E-state index is 0.178. The highest BCUT2D eigenvalue weighted by atomic mass is 19.1. The number of allylic oxidation sites excluding steroid dienone is 8. The van der Waals surface area contributed by atoms with Crippen molar-refractivity contribution in [3.63, 3.8) is 0 Å². The van der Waals surface area contributed by atoms with E-state index in [1.807, 2.05) is 33.1 Å². The number of aliphatic imine (C=N–C) groups is 1. The molecule has 0 spiro atoms. The Kier molecular flexibility index (Phi) is 18.3. The monoisotopic (exact) mass is 480 g/mol. The molecule has 1 heterocycles. The van der Waals surface area contributed by atoms with E-state index in [1.165, 1.54) is 43.1 Å². The van der Waals surface area contributed by atoms with Crippen LogP contribution < -0.4 is 5.32 Å².